The molecule has 1 aliphatic rings. The molecule has 5 nitrogen and oxygen atoms in total. The number of aromatic carboxylic acids is 1. The number of aromatic nitrogens is 1. The minimum Gasteiger partial charge on any atom is -0.477 e. The predicted octanol–water partition coefficient (Wildman–Crippen LogP) is 3.83. The van der Waals surface area contributed by atoms with Gasteiger partial charge in [-0.05, 0) is 37.1 Å². The van der Waals surface area contributed by atoms with Gasteiger partial charge >= 0.3 is 5.97 Å². The van der Waals surface area contributed by atoms with E-state index in [1.807, 2.05) is 34.9 Å². The molecule has 3 aromatic rings. The maximum Gasteiger partial charge on any atom is 0.341 e. The van der Waals surface area contributed by atoms with Gasteiger partial charge in [0.1, 0.15) is 11.3 Å². The van der Waals surface area contributed by atoms with E-state index < -0.39 is 11.4 Å². The first kappa shape index (κ1) is 14.5. The van der Waals surface area contributed by atoms with Crippen LogP contribution < -0.4 is 10.2 Å². The molecule has 1 aliphatic carbocycles. The first-order valence-corrected chi connectivity index (χ1v) is 7.79. The summed E-state index contributed by atoms with van der Waals surface area (Å²) in [6.07, 6.45) is 3.38. The molecule has 0 bridgehead atoms. The molecule has 120 valence electrons. The Kier molecular flexibility index (Phi) is 3.34. The van der Waals surface area contributed by atoms with Gasteiger partial charge in [0.15, 0.2) is 5.75 Å². The summed E-state index contributed by atoms with van der Waals surface area (Å²) in [6.45, 7) is 0. The quantitative estimate of drug-likeness (QED) is 0.793. The predicted molar refractivity (Wildman–Crippen MR) is 90.0 cm³/mol. The third-order valence-electron chi connectivity index (χ3n) is 4.16. The van der Waals surface area contributed by atoms with Crippen molar-refractivity contribution in [1.29, 1.82) is 0 Å². The minimum atomic E-state index is -1.20. The van der Waals surface area contributed by atoms with Crippen LogP contribution in [0, 0.1) is 0 Å². The summed E-state index contributed by atoms with van der Waals surface area (Å²) in [5, 5.41) is 9.68. The molecule has 1 N–H and O–H groups in total. The van der Waals surface area contributed by atoms with Crippen molar-refractivity contribution < 1.29 is 14.6 Å². The first-order chi connectivity index (χ1) is 11.6. The topological polar surface area (TPSA) is 68.5 Å². The van der Waals surface area contributed by atoms with E-state index in [0.717, 1.165) is 12.8 Å². The molecular weight excluding hydrogens is 306 g/mol. The Labute approximate surface area is 137 Å². The minimum absolute atomic E-state index is 0.203. The maximum absolute atomic E-state index is 12.5. The highest BCUT2D eigenvalue weighted by molar-refractivity contribution is 5.94. The van der Waals surface area contributed by atoms with Crippen LogP contribution in [0.15, 0.2) is 59.5 Å². The zero-order valence-electron chi connectivity index (χ0n) is 12.8. The highest BCUT2D eigenvalue weighted by Crippen LogP contribution is 2.40. The van der Waals surface area contributed by atoms with E-state index in [1.54, 1.807) is 18.2 Å². The van der Waals surface area contributed by atoms with Gasteiger partial charge in [-0.2, -0.15) is 0 Å². The van der Waals surface area contributed by atoms with Gasteiger partial charge in [-0.1, -0.05) is 24.3 Å². The van der Waals surface area contributed by atoms with Crippen molar-refractivity contribution in [3.8, 4) is 11.5 Å². The van der Waals surface area contributed by atoms with Gasteiger partial charge in [-0.3, -0.25) is 4.79 Å². The van der Waals surface area contributed by atoms with Crippen molar-refractivity contribution in [3.63, 3.8) is 0 Å². The lowest BCUT2D eigenvalue weighted by Gasteiger charge is -2.15. The number of carboxylic acid groups (broad SMARTS) is 1. The van der Waals surface area contributed by atoms with Gasteiger partial charge in [-0.25, -0.2) is 4.79 Å². The summed E-state index contributed by atoms with van der Waals surface area (Å²) in [7, 11) is 0. The molecule has 0 spiro atoms. The van der Waals surface area contributed by atoms with E-state index in [1.165, 1.54) is 6.20 Å². The number of ether oxygens (including phenoxy) is 1. The molecule has 1 aromatic heterocycles. The maximum atomic E-state index is 12.5. The number of carbonyl (C=O) groups is 1. The number of nitrogens with zero attached hydrogens (tertiary/aromatic N) is 1. The van der Waals surface area contributed by atoms with Crippen LogP contribution in [0.5, 0.6) is 11.5 Å². The Morgan fingerprint density at radius 3 is 2.50 bits per heavy atom. The molecule has 0 aliphatic heterocycles. The second kappa shape index (κ2) is 5.53. The molecule has 0 amide bonds. The average molecular weight is 321 g/mol. The molecule has 0 saturated heterocycles. The van der Waals surface area contributed by atoms with Crippen LogP contribution in [0.4, 0.5) is 0 Å². The molecule has 0 atom stereocenters. The Hall–Kier alpha value is -3.08. The molecule has 1 heterocycles. The van der Waals surface area contributed by atoms with Crippen LogP contribution in [0.25, 0.3) is 10.9 Å². The second-order valence-corrected chi connectivity index (χ2v) is 5.88. The van der Waals surface area contributed by atoms with Gasteiger partial charge in [0, 0.05) is 12.2 Å². The normalized spacial score (nSPS) is 13.8. The van der Waals surface area contributed by atoms with Crippen molar-refractivity contribution in [3.05, 3.63) is 70.5 Å². The summed E-state index contributed by atoms with van der Waals surface area (Å²) < 4.78 is 7.83. The molecule has 0 unspecified atom stereocenters. The zero-order valence-corrected chi connectivity index (χ0v) is 12.8. The SMILES string of the molecule is O=C(O)c1cn(C2CC2)c2c(Oc3ccccc3)cccc2c1=O. The Morgan fingerprint density at radius 1 is 1.08 bits per heavy atom. The van der Waals surface area contributed by atoms with E-state index in [4.69, 9.17) is 4.74 Å². The summed E-state index contributed by atoms with van der Waals surface area (Å²) in [6, 6.07) is 14.7. The second-order valence-electron chi connectivity index (χ2n) is 5.88. The number of rotatable bonds is 4. The smallest absolute Gasteiger partial charge is 0.341 e. The van der Waals surface area contributed by atoms with E-state index in [9.17, 15) is 14.7 Å². The van der Waals surface area contributed by atoms with Crippen molar-refractivity contribution in [1.82, 2.24) is 4.57 Å². The molecule has 5 heteroatoms. The number of hydrogen-bond acceptors (Lipinski definition) is 3. The number of pyridine rings is 1. The molecule has 1 fully saturated rings. The standard InChI is InChI=1S/C19H15NO4/c21-18-14-7-4-8-16(24-13-5-2-1-3-6-13)17(14)20(12-9-10-12)11-15(18)19(22)23/h1-8,11-12H,9-10H2,(H,22,23). The van der Waals surface area contributed by atoms with Crippen molar-refractivity contribution in [2.45, 2.75) is 18.9 Å². The Morgan fingerprint density at radius 2 is 1.83 bits per heavy atom. The van der Waals surface area contributed by atoms with Crippen LogP contribution in [0.2, 0.25) is 0 Å². The lowest BCUT2D eigenvalue weighted by molar-refractivity contribution is 0.0695. The van der Waals surface area contributed by atoms with Crippen LogP contribution in [0.3, 0.4) is 0 Å². The Balaban J connectivity index is 1.97. The fourth-order valence-electron chi connectivity index (χ4n) is 2.87. The third kappa shape index (κ3) is 2.44. The number of carboxylic acids is 1. The summed E-state index contributed by atoms with van der Waals surface area (Å²) in [5.74, 6) is 0.0208. The van der Waals surface area contributed by atoms with E-state index >= 15 is 0 Å². The van der Waals surface area contributed by atoms with E-state index in [2.05, 4.69) is 0 Å². The number of fused-ring (bicyclic) bond motifs is 1. The fraction of sp³-hybridized carbons (Fsp3) is 0.158. The summed E-state index contributed by atoms with van der Waals surface area (Å²) in [5.41, 5.74) is -0.0296. The lowest BCUT2D eigenvalue weighted by atomic mass is 10.1. The number of benzene rings is 2. The van der Waals surface area contributed by atoms with Crippen LogP contribution >= 0.6 is 0 Å². The van der Waals surface area contributed by atoms with Crippen molar-refractivity contribution in [2.24, 2.45) is 0 Å². The first-order valence-electron chi connectivity index (χ1n) is 7.79. The van der Waals surface area contributed by atoms with Crippen molar-refractivity contribution >= 4 is 16.9 Å². The lowest BCUT2D eigenvalue weighted by Crippen LogP contribution is -2.18. The summed E-state index contributed by atoms with van der Waals surface area (Å²) >= 11 is 0. The largest absolute Gasteiger partial charge is 0.477 e. The van der Waals surface area contributed by atoms with Gasteiger partial charge in [-0.15, -0.1) is 0 Å². The van der Waals surface area contributed by atoms with E-state index in [-0.39, 0.29) is 11.6 Å². The third-order valence-corrected chi connectivity index (χ3v) is 4.16. The molecule has 1 saturated carbocycles. The fourth-order valence-corrected chi connectivity index (χ4v) is 2.87. The molecule has 24 heavy (non-hydrogen) atoms. The summed E-state index contributed by atoms with van der Waals surface area (Å²) in [4.78, 5) is 23.9. The van der Waals surface area contributed by atoms with E-state index in [0.29, 0.717) is 22.4 Å². The van der Waals surface area contributed by atoms with Crippen molar-refractivity contribution in [2.75, 3.05) is 0 Å². The van der Waals surface area contributed by atoms with Gasteiger partial charge in [0.05, 0.1) is 10.9 Å². The molecule has 2 aromatic carbocycles. The van der Waals surface area contributed by atoms with Crippen LogP contribution in [-0.2, 0) is 0 Å². The highest BCUT2D eigenvalue weighted by atomic mass is 16.5. The van der Waals surface area contributed by atoms with Crippen LogP contribution in [-0.4, -0.2) is 15.6 Å². The van der Waals surface area contributed by atoms with Gasteiger partial charge in [0.25, 0.3) is 0 Å². The van der Waals surface area contributed by atoms with Crippen LogP contribution in [0.1, 0.15) is 29.2 Å². The van der Waals surface area contributed by atoms with Gasteiger partial charge in [0.2, 0.25) is 5.43 Å². The zero-order chi connectivity index (χ0) is 16.7. The molecular formula is C19H15NO4. The van der Waals surface area contributed by atoms with Gasteiger partial charge < -0.3 is 14.4 Å². The monoisotopic (exact) mass is 321 g/mol. The Bertz CT molecular complexity index is 987. The number of para-hydroxylation sites is 2. The molecule has 0 radical (unpaired) electrons. The average Bonchev–Trinajstić information content (AvgIpc) is 3.41. The highest BCUT2D eigenvalue weighted by Gasteiger charge is 2.28. The molecule has 4 rings (SSSR count). The number of hydrogen-bond donors (Lipinski definition) is 1.